The van der Waals surface area contributed by atoms with Crippen molar-refractivity contribution in [2.75, 3.05) is 25.5 Å². The fourth-order valence-corrected chi connectivity index (χ4v) is 3.50. The molecule has 1 N–H and O–H groups in total. The Bertz CT molecular complexity index is 898. The van der Waals surface area contributed by atoms with Gasteiger partial charge in [0.25, 0.3) is 0 Å². The van der Waals surface area contributed by atoms with Gasteiger partial charge in [0.1, 0.15) is 0 Å². The molecule has 1 saturated heterocycles. The second-order valence-electron chi connectivity index (χ2n) is 6.86. The molecule has 0 bridgehead atoms. The number of amides is 2. The molecule has 2 aliphatic rings. The third-order valence-corrected chi connectivity index (χ3v) is 5.14. The predicted molar refractivity (Wildman–Crippen MR) is 102 cm³/mol. The van der Waals surface area contributed by atoms with Gasteiger partial charge in [0.15, 0.2) is 11.5 Å². The van der Waals surface area contributed by atoms with Crippen LogP contribution in [0, 0.1) is 11.3 Å². The first kappa shape index (κ1) is 18.1. The van der Waals surface area contributed by atoms with Gasteiger partial charge in [-0.25, -0.2) is 4.79 Å². The van der Waals surface area contributed by atoms with Crippen LogP contribution in [0.1, 0.15) is 24.0 Å². The summed E-state index contributed by atoms with van der Waals surface area (Å²) in [5, 5.41) is 11.7. The minimum atomic E-state index is -0.729. The van der Waals surface area contributed by atoms with Crippen LogP contribution < -0.4 is 14.8 Å². The van der Waals surface area contributed by atoms with Gasteiger partial charge in [-0.15, -0.1) is 0 Å². The number of hydrogen-bond donors (Lipinski definition) is 1. The number of para-hydroxylation sites is 1. The molecular weight excluding hydrogens is 358 g/mol. The van der Waals surface area contributed by atoms with Crippen molar-refractivity contribution < 1.29 is 19.0 Å². The number of urea groups is 1. The Hall–Kier alpha value is -3.24. The Morgan fingerprint density at radius 3 is 2.64 bits per heavy atom. The van der Waals surface area contributed by atoms with Gasteiger partial charge in [-0.1, -0.05) is 12.1 Å². The molecule has 0 aromatic heterocycles. The summed E-state index contributed by atoms with van der Waals surface area (Å²) < 4.78 is 17.7. The molecule has 0 unspecified atom stereocenters. The Labute approximate surface area is 163 Å². The van der Waals surface area contributed by atoms with Crippen molar-refractivity contribution in [3.63, 3.8) is 0 Å². The average molecular weight is 379 g/mol. The maximum atomic E-state index is 12.5. The van der Waals surface area contributed by atoms with Crippen LogP contribution in [0.15, 0.2) is 42.5 Å². The van der Waals surface area contributed by atoms with E-state index in [-0.39, 0.29) is 6.03 Å². The first-order valence-electron chi connectivity index (χ1n) is 9.17. The van der Waals surface area contributed by atoms with E-state index >= 15 is 0 Å². The number of nitriles is 1. The first-order chi connectivity index (χ1) is 13.6. The van der Waals surface area contributed by atoms with Crippen molar-refractivity contribution in [3.8, 4) is 17.6 Å². The zero-order chi connectivity index (χ0) is 19.6. The molecule has 2 aromatic carbocycles. The highest BCUT2D eigenvalue weighted by atomic mass is 16.7. The third-order valence-electron chi connectivity index (χ3n) is 5.14. The fraction of sp³-hybridized carbons (Fsp3) is 0.333. The normalized spacial score (nSPS) is 17.2. The van der Waals surface area contributed by atoms with Gasteiger partial charge in [0, 0.05) is 37.2 Å². The van der Waals surface area contributed by atoms with Crippen LogP contribution in [-0.4, -0.2) is 36.9 Å². The molecule has 7 nitrogen and oxygen atoms in total. The number of nitrogens with one attached hydrogen (secondary N) is 1. The SMILES string of the molecule is COc1cccc2c1OC1(CCN(C(=O)Nc3ccc(C#N)cc3)CC1)OC2. The van der Waals surface area contributed by atoms with Crippen molar-refractivity contribution >= 4 is 11.7 Å². The van der Waals surface area contributed by atoms with Crippen LogP contribution in [0.4, 0.5) is 10.5 Å². The number of piperidine rings is 1. The molecule has 28 heavy (non-hydrogen) atoms. The Morgan fingerprint density at radius 1 is 1.21 bits per heavy atom. The van der Waals surface area contributed by atoms with Gasteiger partial charge < -0.3 is 24.4 Å². The van der Waals surface area contributed by atoms with Gasteiger partial charge in [0.2, 0.25) is 5.79 Å². The van der Waals surface area contributed by atoms with Crippen LogP contribution in [0.3, 0.4) is 0 Å². The van der Waals surface area contributed by atoms with E-state index in [0.29, 0.717) is 49.5 Å². The molecule has 1 spiro atoms. The van der Waals surface area contributed by atoms with Crippen molar-refractivity contribution in [1.29, 1.82) is 5.26 Å². The molecule has 0 saturated carbocycles. The summed E-state index contributed by atoms with van der Waals surface area (Å²) in [7, 11) is 1.62. The zero-order valence-corrected chi connectivity index (χ0v) is 15.6. The van der Waals surface area contributed by atoms with Crippen LogP contribution >= 0.6 is 0 Å². The topological polar surface area (TPSA) is 83.8 Å². The molecule has 144 valence electrons. The number of hydrogen-bond acceptors (Lipinski definition) is 5. The van der Waals surface area contributed by atoms with E-state index in [0.717, 1.165) is 11.3 Å². The molecule has 2 heterocycles. The molecule has 0 aliphatic carbocycles. The summed E-state index contributed by atoms with van der Waals surface area (Å²) in [6.45, 7) is 1.50. The standard InChI is InChI=1S/C21H21N3O4/c1-26-18-4-2-3-16-14-27-21(28-19(16)18)9-11-24(12-10-21)20(25)23-17-7-5-15(13-22)6-8-17/h2-8H,9-12,14H2,1H3,(H,23,25). The Kier molecular flexibility index (Phi) is 4.80. The van der Waals surface area contributed by atoms with E-state index in [1.165, 1.54) is 0 Å². The van der Waals surface area contributed by atoms with E-state index in [2.05, 4.69) is 11.4 Å². The molecule has 0 atom stereocenters. The van der Waals surface area contributed by atoms with Crippen molar-refractivity contribution in [3.05, 3.63) is 53.6 Å². The van der Waals surface area contributed by atoms with E-state index in [9.17, 15) is 4.79 Å². The summed E-state index contributed by atoms with van der Waals surface area (Å²) in [5.74, 6) is 0.695. The minimum Gasteiger partial charge on any atom is -0.493 e. The lowest BCUT2D eigenvalue weighted by molar-refractivity contribution is -0.225. The summed E-state index contributed by atoms with van der Waals surface area (Å²) in [6.07, 6.45) is 1.15. The van der Waals surface area contributed by atoms with Crippen LogP contribution in [0.5, 0.6) is 11.5 Å². The highest BCUT2D eigenvalue weighted by molar-refractivity contribution is 5.89. The fourth-order valence-electron chi connectivity index (χ4n) is 3.50. The second-order valence-corrected chi connectivity index (χ2v) is 6.86. The maximum Gasteiger partial charge on any atom is 0.321 e. The number of nitrogens with zero attached hydrogens (tertiary/aromatic N) is 2. The van der Waals surface area contributed by atoms with Gasteiger partial charge in [-0.2, -0.15) is 5.26 Å². The molecule has 2 amide bonds. The minimum absolute atomic E-state index is 0.173. The molecule has 2 aromatic rings. The number of rotatable bonds is 2. The van der Waals surface area contributed by atoms with Gasteiger partial charge >= 0.3 is 6.03 Å². The quantitative estimate of drug-likeness (QED) is 0.863. The van der Waals surface area contributed by atoms with Crippen LogP contribution in [0.25, 0.3) is 0 Å². The number of anilines is 1. The van der Waals surface area contributed by atoms with Crippen molar-refractivity contribution in [2.45, 2.75) is 25.2 Å². The average Bonchev–Trinajstić information content (AvgIpc) is 2.74. The third kappa shape index (κ3) is 3.47. The summed E-state index contributed by atoms with van der Waals surface area (Å²) in [6, 6.07) is 14.4. The molecule has 2 aliphatic heterocycles. The molecule has 4 rings (SSSR count). The maximum absolute atomic E-state index is 12.5. The number of benzene rings is 2. The molecular formula is C21H21N3O4. The summed E-state index contributed by atoms with van der Waals surface area (Å²) >= 11 is 0. The lowest BCUT2D eigenvalue weighted by Crippen LogP contribution is -2.53. The first-order valence-corrected chi connectivity index (χ1v) is 9.17. The lowest BCUT2D eigenvalue weighted by Gasteiger charge is -2.44. The largest absolute Gasteiger partial charge is 0.493 e. The summed E-state index contributed by atoms with van der Waals surface area (Å²) in [5.41, 5.74) is 2.18. The van der Waals surface area contributed by atoms with Gasteiger partial charge in [-0.3, -0.25) is 0 Å². The number of methoxy groups -OCH3 is 1. The molecule has 0 radical (unpaired) electrons. The zero-order valence-electron chi connectivity index (χ0n) is 15.6. The van der Waals surface area contributed by atoms with E-state index in [1.54, 1.807) is 36.3 Å². The molecule has 7 heteroatoms. The van der Waals surface area contributed by atoms with Gasteiger partial charge in [-0.05, 0) is 30.3 Å². The number of likely N-dealkylation sites (tertiary alicyclic amines) is 1. The summed E-state index contributed by atoms with van der Waals surface area (Å²) in [4.78, 5) is 14.3. The van der Waals surface area contributed by atoms with Crippen LogP contribution in [-0.2, 0) is 11.3 Å². The van der Waals surface area contributed by atoms with E-state index in [1.807, 2.05) is 18.2 Å². The number of carbonyl (C=O) groups is 1. The predicted octanol–water partition coefficient (Wildman–Crippen LogP) is 3.50. The highest BCUT2D eigenvalue weighted by Crippen LogP contribution is 2.42. The van der Waals surface area contributed by atoms with Gasteiger partial charge in [0.05, 0.1) is 25.3 Å². The number of ether oxygens (including phenoxy) is 3. The van der Waals surface area contributed by atoms with E-state index < -0.39 is 5.79 Å². The van der Waals surface area contributed by atoms with Crippen molar-refractivity contribution in [2.24, 2.45) is 0 Å². The van der Waals surface area contributed by atoms with Crippen LogP contribution in [0.2, 0.25) is 0 Å². The van der Waals surface area contributed by atoms with E-state index in [4.69, 9.17) is 19.5 Å². The Balaban J connectivity index is 1.39. The number of fused-ring (bicyclic) bond motifs is 1. The lowest BCUT2D eigenvalue weighted by atomic mass is 10.0. The smallest absolute Gasteiger partial charge is 0.321 e. The Morgan fingerprint density at radius 2 is 1.96 bits per heavy atom. The molecule has 1 fully saturated rings. The number of carbonyl (C=O) groups excluding carboxylic acids is 1. The monoisotopic (exact) mass is 379 g/mol. The highest BCUT2D eigenvalue weighted by Gasteiger charge is 2.42. The second kappa shape index (κ2) is 7.41. The van der Waals surface area contributed by atoms with Crippen molar-refractivity contribution in [1.82, 2.24) is 4.90 Å².